The number of morpholine rings is 1. The Balaban J connectivity index is 1.85. The fourth-order valence-corrected chi connectivity index (χ4v) is 2.48. The molecule has 0 aliphatic carbocycles. The zero-order valence-electron chi connectivity index (χ0n) is 13.1. The minimum atomic E-state index is 0.568. The van der Waals surface area contributed by atoms with Crippen LogP contribution in [0.15, 0.2) is 24.3 Å². The zero-order chi connectivity index (χ0) is 14.4. The van der Waals surface area contributed by atoms with Crippen LogP contribution in [0.1, 0.15) is 32.8 Å². The number of hydrogen-bond donors (Lipinski definition) is 1. The van der Waals surface area contributed by atoms with Crippen molar-refractivity contribution >= 4 is 5.69 Å². The summed E-state index contributed by atoms with van der Waals surface area (Å²) >= 11 is 0. The van der Waals surface area contributed by atoms with E-state index in [4.69, 9.17) is 4.74 Å². The van der Waals surface area contributed by atoms with Gasteiger partial charge in [-0.2, -0.15) is 0 Å². The molecule has 1 fully saturated rings. The molecule has 2 rings (SSSR count). The highest BCUT2D eigenvalue weighted by molar-refractivity contribution is 5.47. The number of nitrogens with zero attached hydrogens (tertiary/aromatic N) is 1. The first-order valence-corrected chi connectivity index (χ1v) is 7.85. The number of nitrogens with one attached hydrogen (secondary N) is 1. The van der Waals surface area contributed by atoms with Gasteiger partial charge in [0, 0.05) is 31.4 Å². The maximum atomic E-state index is 5.39. The van der Waals surface area contributed by atoms with Gasteiger partial charge in [-0.3, -0.25) is 0 Å². The molecule has 1 saturated heterocycles. The molecule has 1 aromatic carbocycles. The Bertz CT molecular complexity index is 384. The highest BCUT2D eigenvalue weighted by Gasteiger charge is 2.11. The van der Waals surface area contributed by atoms with Crippen LogP contribution in [0, 0.1) is 5.92 Å². The molecule has 1 aliphatic heterocycles. The van der Waals surface area contributed by atoms with Gasteiger partial charge in [0.1, 0.15) is 0 Å². The van der Waals surface area contributed by atoms with Gasteiger partial charge in [0.15, 0.2) is 0 Å². The Morgan fingerprint density at radius 3 is 2.40 bits per heavy atom. The van der Waals surface area contributed by atoms with Gasteiger partial charge in [0.05, 0.1) is 13.2 Å². The van der Waals surface area contributed by atoms with Gasteiger partial charge in [0.2, 0.25) is 0 Å². The summed E-state index contributed by atoms with van der Waals surface area (Å²) in [5, 5.41) is 3.61. The number of rotatable bonds is 6. The van der Waals surface area contributed by atoms with Crippen molar-refractivity contribution in [1.29, 1.82) is 0 Å². The average molecular weight is 276 g/mol. The fourth-order valence-electron chi connectivity index (χ4n) is 2.48. The van der Waals surface area contributed by atoms with Gasteiger partial charge >= 0.3 is 0 Å². The van der Waals surface area contributed by atoms with Gasteiger partial charge < -0.3 is 15.0 Å². The number of hydrogen-bond acceptors (Lipinski definition) is 3. The second kappa shape index (κ2) is 7.65. The van der Waals surface area contributed by atoms with Crippen LogP contribution in [0.5, 0.6) is 0 Å². The van der Waals surface area contributed by atoms with Gasteiger partial charge in [0.25, 0.3) is 0 Å². The Hall–Kier alpha value is -1.06. The van der Waals surface area contributed by atoms with Crippen LogP contribution in [-0.2, 0) is 11.3 Å². The first-order chi connectivity index (χ1) is 9.70. The molecular weight excluding hydrogens is 248 g/mol. The summed E-state index contributed by atoms with van der Waals surface area (Å²) < 4.78 is 5.39. The van der Waals surface area contributed by atoms with E-state index < -0.39 is 0 Å². The molecule has 0 saturated carbocycles. The zero-order valence-corrected chi connectivity index (χ0v) is 13.1. The van der Waals surface area contributed by atoms with E-state index in [9.17, 15) is 0 Å². The van der Waals surface area contributed by atoms with Crippen molar-refractivity contribution in [1.82, 2.24) is 5.32 Å². The van der Waals surface area contributed by atoms with Crippen molar-refractivity contribution in [3.8, 4) is 0 Å². The van der Waals surface area contributed by atoms with Crippen molar-refractivity contribution in [2.45, 2.75) is 39.8 Å². The quantitative estimate of drug-likeness (QED) is 0.864. The maximum Gasteiger partial charge on any atom is 0.0642 e. The molecule has 1 N–H and O–H groups in total. The van der Waals surface area contributed by atoms with Crippen molar-refractivity contribution in [2.24, 2.45) is 5.92 Å². The summed E-state index contributed by atoms with van der Waals surface area (Å²) in [6.07, 6.45) is 1.23. The lowest BCUT2D eigenvalue weighted by Gasteiger charge is -2.29. The SMILES string of the molecule is CCC(C)C(C)NCc1ccc(N2CCOCC2)cc1. The van der Waals surface area contributed by atoms with Gasteiger partial charge in [-0.05, 0) is 30.5 Å². The van der Waals surface area contributed by atoms with Crippen LogP contribution >= 0.6 is 0 Å². The predicted octanol–water partition coefficient (Wildman–Crippen LogP) is 3.05. The van der Waals surface area contributed by atoms with E-state index in [1.165, 1.54) is 17.7 Å². The summed E-state index contributed by atoms with van der Waals surface area (Å²) in [7, 11) is 0. The van der Waals surface area contributed by atoms with Crippen molar-refractivity contribution in [3.05, 3.63) is 29.8 Å². The van der Waals surface area contributed by atoms with Crippen LogP contribution in [0.4, 0.5) is 5.69 Å². The van der Waals surface area contributed by atoms with Crippen LogP contribution in [0.25, 0.3) is 0 Å². The highest BCUT2D eigenvalue weighted by atomic mass is 16.5. The Morgan fingerprint density at radius 1 is 1.15 bits per heavy atom. The van der Waals surface area contributed by atoms with E-state index >= 15 is 0 Å². The Labute approximate surface area is 123 Å². The van der Waals surface area contributed by atoms with Crippen LogP contribution in [-0.4, -0.2) is 32.3 Å². The molecule has 0 bridgehead atoms. The minimum Gasteiger partial charge on any atom is -0.378 e. The van der Waals surface area contributed by atoms with Crippen molar-refractivity contribution in [3.63, 3.8) is 0 Å². The first kappa shape index (κ1) is 15.3. The molecule has 1 aliphatic rings. The van der Waals surface area contributed by atoms with E-state index in [0.717, 1.165) is 38.8 Å². The summed E-state index contributed by atoms with van der Waals surface area (Å²) in [6, 6.07) is 9.51. The lowest BCUT2D eigenvalue weighted by molar-refractivity contribution is 0.122. The summed E-state index contributed by atoms with van der Waals surface area (Å²) in [5.41, 5.74) is 2.67. The summed E-state index contributed by atoms with van der Waals surface area (Å²) in [4.78, 5) is 2.39. The van der Waals surface area contributed by atoms with Gasteiger partial charge in [-0.1, -0.05) is 32.4 Å². The third-order valence-corrected chi connectivity index (χ3v) is 4.44. The minimum absolute atomic E-state index is 0.568. The van der Waals surface area contributed by atoms with Crippen molar-refractivity contribution < 1.29 is 4.74 Å². The summed E-state index contributed by atoms with van der Waals surface area (Å²) in [5.74, 6) is 0.725. The van der Waals surface area contributed by atoms with E-state index in [0.29, 0.717) is 6.04 Å². The van der Waals surface area contributed by atoms with E-state index in [1.54, 1.807) is 0 Å². The summed E-state index contributed by atoms with van der Waals surface area (Å²) in [6.45, 7) is 11.5. The van der Waals surface area contributed by atoms with Crippen LogP contribution in [0.3, 0.4) is 0 Å². The normalized spacial score (nSPS) is 18.9. The molecule has 2 unspecified atom stereocenters. The van der Waals surface area contributed by atoms with Gasteiger partial charge in [-0.25, -0.2) is 0 Å². The molecule has 0 amide bonds. The molecule has 2 atom stereocenters. The maximum absolute atomic E-state index is 5.39. The Kier molecular flexibility index (Phi) is 5.86. The molecule has 1 aromatic rings. The second-order valence-electron chi connectivity index (χ2n) is 5.82. The molecule has 20 heavy (non-hydrogen) atoms. The lowest BCUT2D eigenvalue weighted by Crippen LogP contribution is -2.36. The third kappa shape index (κ3) is 4.22. The smallest absolute Gasteiger partial charge is 0.0642 e. The monoisotopic (exact) mass is 276 g/mol. The van der Waals surface area contributed by atoms with E-state index in [1.807, 2.05) is 0 Å². The Morgan fingerprint density at radius 2 is 1.80 bits per heavy atom. The van der Waals surface area contributed by atoms with Crippen molar-refractivity contribution in [2.75, 3.05) is 31.2 Å². The number of ether oxygens (including phenoxy) is 1. The average Bonchev–Trinajstić information content (AvgIpc) is 2.53. The lowest BCUT2D eigenvalue weighted by atomic mass is 10.0. The molecular formula is C17H28N2O. The van der Waals surface area contributed by atoms with Crippen LogP contribution in [0.2, 0.25) is 0 Å². The number of anilines is 1. The number of benzene rings is 1. The molecule has 112 valence electrons. The van der Waals surface area contributed by atoms with E-state index in [2.05, 4.69) is 55.3 Å². The molecule has 0 aromatic heterocycles. The highest BCUT2D eigenvalue weighted by Crippen LogP contribution is 2.17. The molecule has 3 heteroatoms. The topological polar surface area (TPSA) is 24.5 Å². The molecule has 0 radical (unpaired) electrons. The second-order valence-corrected chi connectivity index (χ2v) is 5.82. The fraction of sp³-hybridized carbons (Fsp3) is 0.647. The standard InChI is InChI=1S/C17H28N2O/c1-4-14(2)15(3)18-13-16-5-7-17(8-6-16)19-9-11-20-12-10-19/h5-8,14-15,18H,4,9-13H2,1-3H3. The first-order valence-electron chi connectivity index (χ1n) is 7.85. The molecule has 3 nitrogen and oxygen atoms in total. The third-order valence-electron chi connectivity index (χ3n) is 4.44. The largest absolute Gasteiger partial charge is 0.378 e. The molecule has 0 spiro atoms. The van der Waals surface area contributed by atoms with Crippen LogP contribution < -0.4 is 10.2 Å². The van der Waals surface area contributed by atoms with E-state index in [-0.39, 0.29) is 0 Å². The predicted molar refractivity (Wildman–Crippen MR) is 85.2 cm³/mol. The molecule has 1 heterocycles. The van der Waals surface area contributed by atoms with Gasteiger partial charge in [-0.15, -0.1) is 0 Å².